The van der Waals surface area contributed by atoms with Crippen LogP contribution in [-0.2, 0) is 5.54 Å². The van der Waals surface area contributed by atoms with Crippen molar-refractivity contribution in [3.8, 4) is 0 Å². The molecule has 0 saturated carbocycles. The second-order valence-corrected chi connectivity index (χ2v) is 7.88. The molecule has 0 unspecified atom stereocenters. The van der Waals surface area contributed by atoms with Crippen LogP contribution in [0, 0.1) is 0 Å². The standard InChI is InChI=1S/C27H23NO/c1-3-17-27(28-18(2)19-9-5-4-6-10-19)23-14-8-12-21-16-15-20-11-7-13-22(26(27)29)24(20)25(21)23/h3-16,18,28H,1,17H2,2H3/t18-,27+/m0/s1. The zero-order valence-corrected chi connectivity index (χ0v) is 16.5. The predicted octanol–water partition coefficient (Wildman–Crippen LogP) is 6.31. The fourth-order valence-electron chi connectivity index (χ4n) is 4.87. The molecule has 5 rings (SSSR count). The summed E-state index contributed by atoms with van der Waals surface area (Å²) in [6, 6.07) is 26.9. The van der Waals surface area contributed by atoms with Crippen molar-refractivity contribution < 1.29 is 4.79 Å². The molecule has 0 aliphatic heterocycles. The van der Waals surface area contributed by atoms with Crippen LogP contribution >= 0.6 is 0 Å². The zero-order chi connectivity index (χ0) is 20.0. The molecular formula is C27H23NO. The van der Waals surface area contributed by atoms with E-state index in [0.29, 0.717) is 6.42 Å². The van der Waals surface area contributed by atoms with E-state index in [1.54, 1.807) is 0 Å². The lowest BCUT2D eigenvalue weighted by Gasteiger charge is -2.40. The largest absolute Gasteiger partial charge is 0.294 e. The van der Waals surface area contributed by atoms with Crippen LogP contribution in [0.4, 0.5) is 0 Å². The average molecular weight is 377 g/mol. The number of hydrogen-bond donors (Lipinski definition) is 1. The Morgan fingerprint density at radius 1 is 0.897 bits per heavy atom. The van der Waals surface area contributed by atoms with E-state index in [-0.39, 0.29) is 11.8 Å². The van der Waals surface area contributed by atoms with Gasteiger partial charge in [-0.05, 0) is 40.6 Å². The maximum absolute atomic E-state index is 14.0. The molecule has 0 bridgehead atoms. The van der Waals surface area contributed by atoms with Crippen molar-refractivity contribution in [3.05, 3.63) is 108 Å². The van der Waals surface area contributed by atoms with E-state index in [1.807, 2.05) is 36.4 Å². The topological polar surface area (TPSA) is 29.1 Å². The molecular weight excluding hydrogens is 354 g/mol. The minimum atomic E-state index is -0.834. The summed E-state index contributed by atoms with van der Waals surface area (Å²) in [5.41, 5.74) is 2.17. The number of carbonyl (C=O) groups excluding carboxylic acids is 1. The van der Waals surface area contributed by atoms with Crippen LogP contribution in [0.2, 0.25) is 0 Å². The summed E-state index contributed by atoms with van der Waals surface area (Å²) in [7, 11) is 0. The lowest BCUT2D eigenvalue weighted by molar-refractivity contribution is 0.0835. The highest BCUT2D eigenvalue weighted by molar-refractivity contribution is 6.25. The first-order valence-corrected chi connectivity index (χ1v) is 10.1. The average Bonchev–Trinajstić information content (AvgIpc) is 2.77. The van der Waals surface area contributed by atoms with Crippen molar-refractivity contribution in [3.63, 3.8) is 0 Å². The highest BCUT2D eigenvalue weighted by Crippen LogP contribution is 2.45. The molecule has 0 amide bonds. The second-order valence-electron chi connectivity index (χ2n) is 7.88. The van der Waals surface area contributed by atoms with Gasteiger partial charge in [0.15, 0.2) is 5.78 Å². The third-order valence-corrected chi connectivity index (χ3v) is 6.19. The Morgan fingerprint density at radius 2 is 1.59 bits per heavy atom. The third-order valence-electron chi connectivity index (χ3n) is 6.19. The summed E-state index contributed by atoms with van der Waals surface area (Å²) < 4.78 is 0. The normalized spacial score (nSPS) is 19.0. The van der Waals surface area contributed by atoms with Gasteiger partial charge in [0.25, 0.3) is 0 Å². The molecule has 0 fully saturated rings. The molecule has 2 heteroatoms. The van der Waals surface area contributed by atoms with E-state index in [0.717, 1.165) is 32.8 Å². The monoisotopic (exact) mass is 377 g/mol. The first-order chi connectivity index (χ1) is 14.2. The van der Waals surface area contributed by atoms with Gasteiger partial charge in [-0.2, -0.15) is 0 Å². The lowest BCUT2D eigenvalue weighted by Crippen LogP contribution is -2.51. The van der Waals surface area contributed by atoms with Gasteiger partial charge in [-0.25, -0.2) is 0 Å². The number of rotatable bonds is 5. The molecule has 29 heavy (non-hydrogen) atoms. The molecule has 4 aromatic rings. The number of hydrogen-bond acceptors (Lipinski definition) is 2. The molecule has 0 saturated heterocycles. The quantitative estimate of drug-likeness (QED) is 0.326. The molecule has 142 valence electrons. The SMILES string of the molecule is C=CC[C@]1(N[C@@H](C)c2ccccc2)C(=O)c2cccc3ccc4cccc1c4c23. The molecule has 0 heterocycles. The van der Waals surface area contributed by atoms with Gasteiger partial charge >= 0.3 is 0 Å². The van der Waals surface area contributed by atoms with E-state index in [1.165, 1.54) is 5.39 Å². The van der Waals surface area contributed by atoms with E-state index in [4.69, 9.17) is 0 Å². The Kier molecular flexibility index (Phi) is 4.11. The van der Waals surface area contributed by atoms with Gasteiger partial charge in [-0.15, -0.1) is 6.58 Å². The van der Waals surface area contributed by atoms with Crippen molar-refractivity contribution in [1.29, 1.82) is 0 Å². The van der Waals surface area contributed by atoms with E-state index >= 15 is 0 Å². The fraction of sp³-hybridized carbons (Fsp3) is 0.148. The Balaban J connectivity index is 1.80. The number of nitrogens with one attached hydrogen (secondary N) is 1. The second kappa shape index (κ2) is 6.68. The molecule has 4 aromatic carbocycles. The summed E-state index contributed by atoms with van der Waals surface area (Å²) in [5, 5.41) is 8.24. The van der Waals surface area contributed by atoms with Gasteiger partial charge in [-0.3, -0.25) is 10.1 Å². The highest BCUT2D eigenvalue weighted by atomic mass is 16.1. The summed E-state index contributed by atoms with van der Waals surface area (Å²) in [6.07, 6.45) is 2.39. The predicted molar refractivity (Wildman–Crippen MR) is 120 cm³/mol. The maximum atomic E-state index is 14.0. The van der Waals surface area contributed by atoms with Crippen molar-refractivity contribution in [1.82, 2.24) is 5.32 Å². The van der Waals surface area contributed by atoms with Gasteiger partial charge in [-0.1, -0.05) is 84.9 Å². The number of ketones is 1. The molecule has 0 spiro atoms. The summed E-state index contributed by atoms with van der Waals surface area (Å²) in [6.45, 7) is 6.11. The van der Waals surface area contributed by atoms with Crippen LogP contribution in [0.15, 0.2) is 91.5 Å². The number of carbonyl (C=O) groups is 1. The first-order valence-electron chi connectivity index (χ1n) is 10.1. The zero-order valence-electron chi connectivity index (χ0n) is 16.5. The Labute approximate surface area is 170 Å². The number of Topliss-reactive ketones (excluding diaryl/α,β-unsaturated/α-hetero) is 1. The van der Waals surface area contributed by atoms with E-state index in [2.05, 4.69) is 67.4 Å². The molecule has 0 radical (unpaired) electrons. The molecule has 2 atom stereocenters. The number of benzene rings is 4. The molecule has 1 N–H and O–H groups in total. The van der Waals surface area contributed by atoms with Crippen LogP contribution < -0.4 is 5.32 Å². The Morgan fingerprint density at radius 3 is 2.31 bits per heavy atom. The molecule has 0 aromatic heterocycles. The van der Waals surface area contributed by atoms with Crippen LogP contribution in [0.25, 0.3) is 21.5 Å². The maximum Gasteiger partial charge on any atom is 0.188 e. The van der Waals surface area contributed by atoms with Gasteiger partial charge < -0.3 is 0 Å². The van der Waals surface area contributed by atoms with Crippen LogP contribution in [0.5, 0.6) is 0 Å². The van der Waals surface area contributed by atoms with Crippen LogP contribution in [-0.4, -0.2) is 5.78 Å². The third kappa shape index (κ3) is 2.56. The van der Waals surface area contributed by atoms with Crippen LogP contribution in [0.1, 0.15) is 40.9 Å². The van der Waals surface area contributed by atoms with E-state index in [9.17, 15) is 4.79 Å². The smallest absolute Gasteiger partial charge is 0.188 e. The molecule has 2 nitrogen and oxygen atoms in total. The summed E-state index contributed by atoms with van der Waals surface area (Å²) in [5.74, 6) is 0.122. The van der Waals surface area contributed by atoms with Crippen molar-refractivity contribution >= 4 is 27.3 Å². The van der Waals surface area contributed by atoms with Crippen LogP contribution in [0.3, 0.4) is 0 Å². The summed E-state index contributed by atoms with van der Waals surface area (Å²) >= 11 is 0. The van der Waals surface area contributed by atoms with Crippen molar-refractivity contribution in [2.24, 2.45) is 0 Å². The van der Waals surface area contributed by atoms with Gasteiger partial charge in [0.2, 0.25) is 0 Å². The van der Waals surface area contributed by atoms with Crippen molar-refractivity contribution in [2.45, 2.75) is 24.9 Å². The summed E-state index contributed by atoms with van der Waals surface area (Å²) in [4.78, 5) is 14.0. The Hall–Kier alpha value is -3.23. The fourth-order valence-corrected chi connectivity index (χ4v) is 4.87. The lowest BCUT2D eigenvalue weighted by atomic mass is 9.71. The first kappa shape index (κ1) is 17.8. The Bertz CT molecular complexity index is 1260. The minimum absolute atomic E-state index is 0.0137. The van der Waals surface area contributed by atoms with Crippen molar-refractivity contribution in [2.75, 3.05) is 0 Å². The van der Waals surface area contributed by atoms with Gasteiger partial charge in [0.05, 0.1) is 0 Å². The molecule has 1 aliphatic carbocycles. The van der Waals surface area contributed by atoms with Gasteiger partial charge in [0.1, 0.15) is 5.54 Å². The molecule has 1 aliphatic rings. The van der Waals surface area contributed by atoms with E-state index < -0.39 is 5.54 Å². The minimum Gasteiger partial charge on any atom is -0.294 e. The van der Waals surface area contributed by atoms with Gasteiger partial charge in [0, 0.05) is 17.0 Å². The highest BCUT2D eigenvalue weighted by Gasteiger charge is 2.45.